The number of benzene rings is 3. The van der Waals surface area contributed by atoms with E-state index in [1.54, 1.807) is 11.3 Å². The van der Waals surface area contributed by atoms with Crippen LogP contribution in [0.2, 0.25) is 0 Å². The van der Waals surface area contributed by atoms with Crippen molar-refractivity contribution in [3.8, 4) is 0 Å². The number of hydrogen-bond donors (Lipinski definition) is 1. The normalized spacial score (nSPS) is 13.0. The zero-order valence-corrected chi connectivity index (χ0v) is 15.8. The SMILES string of the molecule is O=c1[nH]/c(=C\c2nc3ccccc3s2)s/c1=C\c1cccc2ccccc12. The minimum atomic E-state index is -0.0692. The third kappa shape index (κ3) is 3.12. The molecule has 0 spiro atoms. The van der Waals surface area contributed by atoms with E-state index in [1.165, 1.54) is 16.7 Å². The van der Waals surface area contributed by atoms with Crippen LogP contribution in [0.15, 0.2) is 71.5 Å². The van der Waals surface area contributed by atoms with Crippen molar-refractivity contribution in [1.82, 2.24) is 9.97 Å². The molecule has 5 heteroatoms. The van der Waals surface area contributed by atoms with Crippen LogP contribution in [0.25, 0.3) is 33.1 Å². The monoisotopic (exact) mass is 386 g/mol. The van der Waals surface area contributed by atoms with E-state index in [4.69, 9.17) is 0 Å². The van der Waals surface area contributed by atoms with E-state index in [-0.39, 0.29) is 5.56 Å². The van der Waals surface area contributed by atoms with Gasteiger partial charge in [-0.05, 0) is 34.5 Å². The molecule has 0 fully saturated rings. The van der Waals surface area contributed by atoms with Crippen molar-refractivity contribution in [2.24, 2.45) is 0 Å². The topological polar surface area (TPSA) is 45.8 Å². The molecular formula is C22H14N2OS2. The van der Waals surface area contributed by atoms with Crippen molar-refractivity contribution in [1.29, 1.82) is 0 Å². The lowest BCUT2D eigenvalue weighted by molar-refractivity contribution is 1.25. The number of hydrogen-bond acceptors (Lipinski definition) is 4. The molecule has 130 valence electrons. The smallest absolute Gasteiger partial charge is 0.266 e. The molecule has 0 amide bonds. The molecule has 2 heterocycles. The fraction of sp³-hybridized carbons (Fsp3) is 0. The summed E-state index contributed by atoms with van der Waals surface area (Å²) in [7, 11) is 0. The van der Waals surface area contributed by atoms with Crippen LogP contribution in [0.3, 0.4) is 0 Å². The van der Waals surface area contributed by atoms with E-state index in [2.05, 4.69) is 34.2 Å². The van der Waals surface area contributed by atoms with Crippen LogP contribution >= 0.6 is 22.7 Å². The van der Waals surface area contributed by atoms with Crippen molar-refractivity contribution in [3.63, 3.8) is 0 Å². The first-order valence-electron chi connectivity index (χ1n) is 8.52. The minimum absolute atomic E-state index is 0.0692. The number of aromatic amines is 1. The van der Waals surface area contributed by atoms with E-state index in [1.807, 2.05) is 54.6 Å². The lowest BCUT2D eigenvalue weighted by Crippen LogP contribution is -2.19. The summed E-state index contributed by atoms with van der Waals surface area (Å²) in [6.07, 6.45) is 3.90. The van der Waals surface area contributed by atoms with Crippen molar-refractivity contribution in [2.75, 3.05) is 0 Å². The third-order valence-electron chi connectivity index (χ3n) is 4.36. The lowest BCUT2D eigenvalue weighted by atomic mass is 10.0. The number of nitrogens with one attached hydrogen (secondary N) is 1. The first-order chi connectivity index (χ1) is 13.3. The highest BCUT2D eigenvalue weighted by molar-refractivity contribution is 7.19. The van der Waals surface area contributed by atoms with Crippen LogP contribution < -0.4 is 14.8 Å². The van der Waals surface area contributed by atoms with E-state index >= 15 is 0 Å². The summed E-state index contributed by atoms with van der Waals surface area (Å²) in [6.45, 7) is 0. The number of H-pyrrole nitrogens is 1. The fourth-order valence-electron chi connectivity index (χ4n) is 3.11. The van der Waals surface area contributed by atoms with Gasteiger partial charge in [-0.1, -0.05) is 54.6 Å². The van der Waals surface area contributed by atoms with Crippen molar-refractivity contribution >= 4 is 55.8 Å². The predicted molar refractivity (Wildman–Crippen MR) is 115 cm³/mol. The summed E-state index contributed by atoms with van der Waals surface area (Å²) in [5, 5.41) is 3.20. The first kappa shape index (κ1) is 16.2. The van der Waals surface area contributed by atoms with Gasteiger partial charge in [0, 0.05) is 6.08 Å². The summed E-state index contributed by atoms with van der Waals surface area (Å²) < 4.78 is 2.65. The zero-order valence-electron chi connectivity index (χ0n) is 14.2. The maximum atomic E-state index is 12.4. The molecule has 0 bridgehead atoms. The Morgan fingerprint density at radius 2 is 1.67 bits per heavy atom. The molecule has 0 saturated heterocycles. The minimum Gasteiger partial charge on any atom is -0.313 e. The molecule has 2 aromatic heterocycles. The van der Waals surface area contributed by atoms with Gasteiger partial charge in [0.15, 0.2) is 0 Å². The van der Waals surface area contributed by atoms with Crippen LogP contribution in [-0.4, -0.2) is 9.97 Å². The van der Waals surface area contributed by atoms with Crippen LogP contribution in [-0.2, 0) is 0 Å². The Kier molecular flexibility index (Phi) is 3.96. The van der Waals surface area contributed by atoms with E-state index in [0.717, 1.165) is 30.8 Å². The highest BCUT2D eigenvalue weighted by atomic mass is 32.1. The number of nitrogens with zero attached hydrogens (tertiary/aromatic N) is 1. The standard InChI is InChI=1S/C22H14N2OS2/c25-22-19(12-15-8-5-7-14-6-1-2-9-16(14)15)27-21(24-22)13-20-23-17-10-3-4-11-18(17)26-20/h1-13H,(H,24,25)/b19-12-,21-13+. The number of rotatable bonds is 2. The van der Waals surface area contributed by atoms with Crippen molar-refractivity contribution in [3.05, 3.63) is 96.9 Å². The lowest BCUT2D eigenvalue weighted by Gasteiger charge is -2.00. The zero-order chi connectivity index (χ0) is 18.2. The molecule has 0 aliphatic carbocycles. The Hall–Kier alpha value is -3.02. The molecule has 0 atom stereocenters. The molecular weight excluding hydrogens is 372 g/mol. The molecule has 0 aliphatic rings. The Morgan fingerprint density at radius 3 is 2.59 bits per heavy atom. The summed E-state index contributed by atoms with van der Waals surface area (Å²) in [6, 6.07) is 22.4. The second-order valence-electron chi connectivity index (χ2n) is 6.16. The largest absolute Gasteiger partial charge is 0.313 e. The molecule has 0 unspecified atom stereocenters. The Labute approximate surface area is 162 Å². The molecule has 0 radical (unpaired) electrons. The number of aromatic nitrogens is 2. The second kappa shape index (κ2) is 6.61. The molecule has 0 aliphatic heterocycles. The quantitative estimate of drug-likeness (QED) is 0.501. The second-order valence-corrected chi connectivity index (χ2v) is 8.31. The summed E-state index contributed by atoms with van der Waals surface area (Å²) in [4.78, 5) is 20.0. The van der Waals surface area contributed by atoms with Gasteiger partial charge in [-0.25, -0.2) is 4.98 Å². The van der Waals surface area contributed by atoms with Crippen LogP contribution in [0.5, 0.6) is 0 Å². The fourth-order valence-corrected chi connectivity index (χ4v) is 4.97. The summed E-state index contributed by atoms with van der Waals surface area (Å²) in [5.41, 5.74) is 1.96. The Morgan fingerprint density at radius 1 is 0.852 bits per heavy atom. The van der Waals surface area contributed by atoms with E-state index < -0.39 is 0 Å². The van der Waals surface area contributed by atoms with Gasteiger partial charge in [-0.15, -0.1) is 22.7 Å². The number of fused-ring (bicyclic) bond motifs is 2. The van der Waals surface area contributed by atoms with Crippen LogP contribution in [0.4, 0.5) is 0 Å². The van der Waals surface area contributed by atoms with E-state index in [0.29, 0.717) is 4.53 Å². The number of para-hydroxylation sites is 1. The van der Waals surface area contributed by atoms with Crippen molar-refractivity contribution < 1.29 is 0 Å². The van der Waals surface area contributed by atoms with Gasteiger partial charge in [0.1, 0.15) is 5.01 Å². The third-order valence-corrected chi connectivity index (χ3v) is 6.30. The van der Waals surface area contributed by atoms with Gasteiger partial charge in [0.05, 0.1) is 19.4 Å². The Balaban J connectivity index is 1.64. The molecule has 5 aromatic rings. The molecule has 0 saturated carbocycles. The molecule has 27 heavy (non-hydrogen) atoms. The molecule has 5 rings (SSSR count). The highest BCUT2D eigenvalue weighted by Gasteiger charge is 2.02. The first-order valence-corrected chi connectivity index (χ1v) is 10.2. The highest BCUT2D eigenvalue weighted by Crippen LogP contribution is 2.22. The van der Waals surface area contributed by atoms with Crippen molar-refractivity contribution in [2.45, 2.75) is 0 Å². The van der Waals surface area contributed by atoms with Gasteiger partial charge in [-0.2, -0.15) is 0 Å². The van der Waals surface area contributed by atoms with Crippen LogP contribution in [0, 0.1) is 0 Å². The average Bonchev–Trinajstić information content (AvgIpc) is 3.24. The molecule has 3 aromatic carbocycles. The van der Waals surface area contributed by atoms with Gasteiger partial charge < -0.3 is 4.98 Å². The van der Waals surface area contributed by atoms with Gasteiger partial charge >= 0.3 is 0 Å². The average molecular weight is 387 g/mol. The van der Waals surface area contributed by atoms with Gasteiger partial charge in [-0.3, -0.25) is 4.79 Å². The summed E-state index contributed by atoms with van der Waals surface area (Å²) >= 11 is 3.08. The van der Waals surface area contributed by atoms with Crippen LogP contribution in [0.1, 0.15) is 10.6 Å². The van der Waals surface area contributed by atoms with Gasteiger partial charge in [0.25, 0.3) is 5.56 Å². The predicted octanol–water partition coefficient (Wildman–Crippen LogP) is 3.86. The Bertz CT molecular complexity index is 1420. The molecule has 3 nitrogen and oxygen atoms in total. The maximum Gasteiger partial charge on any atom is 0.266 e. The summed E-state index contributed by atoms with van der Waals surface area (Å²) in [5.74, 6) is 0. The number of thiazole rings is 2. The molecule has 1 N–H and O–H groups in total. The van der Waals surface area contributed by atoms with E-state index in [9.17, 15) is 4.79 Å². The maximum absolute atomic E-state index is 12.4. The van der Waals surface area contributed by atoms with Gasteiger partial charge in [0.2, 0.25) is 0 Å².